The Morgan fingerprint density at radius 3 is 2.76 bits per heavy atom. The molecule has 2 aromatic carbocycles. The molecule has 3 rings (SSSR count). The summed E-state index contributed by atoms with van der Waals surface area (Å²) >= 11 is 4.91. The van der Waals surface area contributed by atoms with Gasteiger partial charge in [-0.1, -0.05) is 45.3 Å². The molecule has 0 fully saturated rings. The predicted molar refractivity (Wildman–Crippen MR) is 104 cm³/mol. The number of ether oxygens (including phenoxy) is 1. The molecule has 0 radical (unpaired) electrons. The third kappa shape index (κ3) is 4.01. The highest BCUT2D eigenvalue weighted by atomic mass is 79.9. The van der Waals surface area contributed by atoms with Crippen LogP contribution in [0.5, 0.6) is 5.75 Å². The summed E-state index contributed by atoms with van der Waals surface area (Å²) in [5.74, 6) is 3.18. The Morgan fingerprint density at radius 2 is 2.08 bits per heavy atom. The van der Waals surface area contributed by atoms with Gasteiger partial charge in [-0.15, -0.1) is 6.42 Å². The molecular formula is C19H15BrN2O2S. The monoisotopic (exact) mass is 414 g/mol. The molecule has 25 heavy (non-hydrogen) atoms. The van der Waals surface area contributed by atoms with Crippen molar-refractivity contribution in [3.05, 3.63) is 57.3 Å². The number of thiazole rings is 1. The molecule has 1 heterocycles. The maximum atomic E-state index is 12.4. The molecule has 0 saturated heterocycles. The molecule has 1 aromatic heterocycles. The van der Waals surface area contributed by atoms with Crippen molar-refractivity contribution in [3.63, 3.8) is 0 Å². The molecule has 0 atom stereocenters. The number of carbonyl (C=O) groups is 1. The van der Waals surface area contributed by atoms with Crippen LogP contribution in [-0.2, 0) is 17.8 Å². The van der Waals surface area contributed by atoms with E-state index in [1.54, 1.807) is 7.11 Å². The molecule has 0 unspecified atom stereocenters. The summed E-state index contributed by atoms with van der Waals surface area (Å²) in [5.41, 5.74) is 1.86. The van der Waals surface area contributed by atoms with Gasteiger partial charge in [0.2, 0.25) is 0 Å². The van der Waals surface area contributed by atoms with Crippen LogP contribution in [0.4, 0.5) is 0 Å². The number of hydrogen-bond acceptors (Lipinski definition) is 3. The van der Waals surface area contributed by atoms with E-state index in [1.165, 1.54) is 11.3 Å². The molecule has 126 valence electrons. The highest BCUT2D eigenvalue weighted by Crippen LogP contribution is 2.22. The number of methoxy groups -OCH3 is 1. The summed E-state index contributed by atoms with van der Waals surface area (Å²) in [5, 5.41) is 0. The van der Waals surface area contributed by atoms with Crippen molar-refractivity contribution in [1.29, 1.82) is 0 Å². The molecule has 0 aliphatic carbocycles. The van der Waals surface area contributed by atoms with Gasteiger partial charge in [0.25, 0.3) is 5.91 Å². The summed E-state index contributed by atoms with van der Waals surface area (Å²) in [6, 6.07) is 13.3. The molecule has 0 N–H and O–H groups in total. The van der Waals surface area contributed by atoms with Crippen LogP contribution in [0.15, 0.2) is 51.9 Å². The van der Waals surface area contributed by atoms with Crippen molar-refractivity contribution in [2.45, 2.75) is 13.0 Å². The number of fused-ring (bicyclic) bond motifs is 1. The second kappa shape index (κ2) is 7.68. The summed E-state index contributed by atoms with van der Waals surface area (Å²) in [6.45, 7) is 0.371. The SMILES string of the molecule is C#CCn1c(=NC(=O)Cc2ccc(OC)cc2)sc2cc(Br)ccc21. The highest BCUT2D eigenvalue weighted by molar-refractivity contribution is 9.10. The Hall–Kier alpha value is -2.36. The number of amides is 1. The Labute approximate surface area is 157 Å². The number of hydrogen-bond donors (Lipinski definition) is 0. The van der Waals surface area contributed by atoms with Crippen LogP contribution < -0.4 is 9.54 Å². The van der Waals surface area contributed by atoms with E-state index in [0.717, 1.165) is 26.0 Å². The van der Waals surface area contributed by atoms with Gasteiger partial charge in [0, 0.05) is 4.47 Å². The summed E-state index contributed by atoms with van der Waals surface area (Å²) in [4.78, 5) is 17.3. The standard InChI is InChI=1S/C19H15BrN2O2S/c1-3-10-22-16-9-6-14(20)12-17(16)25-19(22)21-18(23)11-13-4-7-15(24-2)8-5-13/h1,4-9,12H,10-11H2,2H3. The normalized spacial score (nSPS) is 11.5. The van der Waals surface area contributed by atoms with Gasteiger partial charge < -0.3 is 9.30 Å². The van der Waals surface area contributed by atoms with E-state index in [9.17, 15) is 4.79 Å². The van der Waals surface area contributed by atoms with E-state index in [-0.39, 0.29) is 12.3 Å². The highest BCUT2D eigenvalue weighted by Gasteiger charge is 2.08. The number of benzene rings is 2. The van der Waals surface area contributed by atoms with Gasteiger partial charge in [-0.05, 0) is 35.9 Å². The fraction of sp³-hybridized carbons (Fsp3) is 0.158. The summed E-state index contributed by atoms with van der Waals surface area (Å²) in [6.07, 6.45) is 5.71. The summed E-state index contributed by atoms with van der Waals surface area (Å²) < 4.78 is 9.02. The molecule has 1 amide bonds. The zero-order chi connectivity index (χ0) is 17.8. The van der Waals surface area contributed by atoms with Crippen molar-refractivity contribution in [2.75, 3.05) is 7.11 Å². The second-order valence-electron chi connectivity index (χ2n) is 5.32. The van der Waals surface area contributed by atoms with E-state index in [2.05, 4.69) is 26.8 Å². The number of terminal acetylenes is 1. The first-order chi connectivity index (χ1) is 12.1. The van der Waals surface area contributed by atoms with Crippen LogP contribution in [0, 0.1) is 12.3 Å². The maximum Gasteiger partial charge on any atom is 0.252 e. The molecule has 0 bridgehead atoms. The molecular weight excluding hydrogens is 400 g/mol. The first-order valence-corrected chi connectivity index (χ1v) is 9.14. The largest absolute Gasteiger partial charge is 0.497 e. The third-order valence-corrected chi connectivity index (χ3v) is 5.16. The van der Waals surface area contributed by atoms with Crippen molar-refractivity contribution < 1.29 is 9.53 Å². The van der Waals surface area contributed by atoms with E-state index in [0.29, 0.717) is 11.3 Å². The average Bonchev–Trinajstić information content (AvgIpc) is 2.92. The van der Waals surface area contributed by atoms with Gasteiger partial charge >= 0.3 is 0 Å². The van der Waals surface area contributed by atoms with Crippen LogP contribution in [0.1, 0.15) is 5.56 Å². The average molecular weight is 415 g/mol. The van der Waals surface area contributed by atoms with Crippen molar-refractivity contribution in [1.82, 2.24) is 4.57 Å². The number of nitrogens with zero attached hydrogens (tertiary/aromatic N) is 2. The minimum atomic E-state index is -0.207. The lowest BCUT2D eigenvalue weighted by Crippen LogP contribution is -2.17. The summed E-state index contributed by atoms with van der Waals surface area (Å²) in [7, 11) is 1.61. The Bertz CT molecular complexity index is 1030. The zero-order valence-electron chi connectivity index (χ0n) is 13.5. The molecule has 0 aliphatic rings. The minimum Gasteiger partial charge on any atom is -0.497 e. The van der Waals surface area contributed by atoms with Gasteiger partial charge in [-0.2, -0.15) is 4.99 Å². The fourth-order valence-electron chi connectivity index (χ4n) is 2.44. The second-order valence-corrected chi connectivity index (χ2v) is 7.24. The van der Waals surface area contributed by atoms with E-state index < -0.39 is 0 Å². The van der Waals surface area contributed by atoms with Crippen molar-refractivity contribution in [2.24, 2.45) is 4.99 Å². The van der Waals surface area contributed by atoms with Gasteiger partial charge in [-0.25, -0.2) is 0 Å². The number of rotatable bonds is 4. The third-order valence-electron chi connectivity index (χ3n) is 3.63. The predicted octanol–water partition coefficient (Wildman–Crippen LogP) is 3.78. The fourth-order valence-corrected chi connectivity index (χ4v) is 4.04. The Balaban J connectivity index is 1.94. The maximum absolute atomic E-state index is 12.4. The lowest BCUT2D eigenvalue weighted by atomic mass is 10.1. The van der Waals surface area contributed by atoms with E-state index >= 15 is 0 Å². The van der Waals surface area contributed by atoms with Crippen LogP contribution in [-0.4, -0.2) is 17.6 Å². The number of aromatic nitrogens is 1. The smallest absolute Gasteiger partial charge is 0.252 e. The van der Waals surface area contributed by atoms with Gasteiger partial charge in [-0.3, -0.25) is 4.79 Å². The van der Waals surface area contributed by atoms with Crippen LogP contribution in [0.25, 0.3) is 10.2 Å². The molecule has 0 aliphatic heterocycles. The topological polar surface area (TPSA) is 43.6 Å². The van der Waals surface area contributed by atoms with Crippen molar-refractivity contribution in [3.8, 4) is 18.1 Å². The van der Waals surface area contributed by atoms with Gasteiger partial charge in [0.15, 0.2) is 4.80 Å². The molecule has 0 spiro atoms. The lowest BCUT2D eigenvalue weighted by Gasteiger charge is -2.01. The Kier molecular flexibility index (Phi) is 5.37. The molecule has 4 nitrogen and oxygen atoms in total. The number of halogens is 1. The zero-order valence-corrected chi connectivity index (χ0v) is 15.9. The first-order valence-electron chi connectivity index (χ1n) is 7.53. The molecule has 3 aromatic rings. The minimum absolute atomic E-state index is 0.207. The van der Waals surface area contributed by atoms with E-state index in [4.69, 9.17) is 11.2 Å². The van der Waals surface area contributed by atoms with Crippen LogP contribution in [0.2, 0.25) is 0 Å². The van der Waals surface area contributed by atoms with Gasteiger partial charge in [0.1, 0.15) is 5.75 Å². The van der Waals surface area contributed by atoms with Crippen molar-refractivity contribution >= 4 is 43.4 Å². The molecule has 6 heteroatoms. The first kappa shape index (κ1) is 17.5. The Morgan fingerprint density at radius 1 is 1.32 bits per heavy atom. The lowest BCUT2D eigenvalue weighted by molar-refractivity contribution is -0.117. The quantitative estimate of drug-likeness (QED) is 0.609. The van der Waals surface area contributed by atoms with Gasteiger partial charge in [0.05, 0.1) is 30.3 Å². The van der Waals surface area contributed by atoms with E-state index in [1.807, 2.05) is 47.0 Å². The number of carbonyl (C=O) groups excluding carboxylic acids is 1. The van der Waals surface area contributed by atoms with Crippen LogP contribution >= 0.6 is 27.3 Å². The molecule has 0 saturated carbocycles. The van der Waals surface area contributed by atoms with Crippen LogP contribution in [0.3, 0.4) is 0 Å².